The number of hydrogen-bond donors (Lipinski definition) is 1. The van der Waals surface area contributed by atoms with Gasteiger partial charge in [0.25, 0.3) is 5.91 Å². The number of rotatable bonds is 4. The van der Waals surface area contributed by atoms with Crippen LogP contribution >= 0.6 is 23.2 Å². The molecule has 3 aliphatic rings. The molecule has 0 aromatic heterocycles. The fourth-order valence-corrected chi connectivity index (χ4v) is 4.02. The molecule has 1 saturated heterocycles. The molecule has 1 N–H and O–H groups in total. The Bertz CT molecular complexity index is 994. The highest BCUT2D eigenvalue weighted by molar-refractivity contribution is 6.42. The molecule has 2 atom stereocenters. The van der Waals surface area contributed by atoms with Gasteiger partial charge < -0.3 is 19.8 Å². The highest BCUT2D eigenvalue weighted by Crippen LogP contribution is 2.34. The number of carbonyl (C=O) groups excluding carboxylic acids is 2. The Hall–Kier alpha value is -2.78. The Morgan fingerprint density at radius 2 is 1.93 bits per heavy atom. The highest BCUT2D eigenvalue weighted by Gasteiger charge is 2.54. The van der Waals surface area contributed by atoms with Crippen molar-refractivity contribution in [3.05, 3.63) is 45.7 Å². The lowest BCUT2D eigenvalue weighted by Crippen LogP contribution is -2.63. The fraction of sp³-hybridized carbons (Fsp3) is 0.333. The van der Waals surface area contributed by atoms with Gasteiger partial charge in [-0.15, -0.1) is 0 Å². The molecule has 0 saturated carbocycles. The summed E-state index contributed by atoms with van der Waals surface area (Å²) in [6, 6.07) is 3.67. The Labute approximate surface area is 176 Å². The number of aliphatic carboxylic acids is 1. The summed E-state index contributed by atoms with van der Waals surface area (Å²) in [5.41, 5.74) is 1.32. The molecule has 11 heteroatoms. The number of likely N-dealkylation sites (N-methyl/N-ethyl adjacent to an activating group) is 1. The summed E-state index contributed by atoms with van der Waals surface area (Å²) in [5, 5.41) is 9.88. The lowest BCUT2D eigenvalue weighted by Gasteiger charge is -2.40. The van der Waals surface area contributed by atoms with E-state index in [9.17, 15) is 14.4 Å². The summed E-state index contributed by atoms with van der Waals surface area (Å²) in [5.74, 6) is -1.08. The molecular weight excluding hydrogens is 421 g/mol. The number of aliphatic imine (C=N–C) groups is 1. The molecule has 2 unspecified atom stereocenters. The predicted molar refractivity (Wildman–Crippen MR) is 105 cm³/mol. The van der Waals surface area contributed by atoms with Gasteiger partial charge in [0, 0.05) is 18.9 Å². The third-order valence-electron chi connectivity index (χ3n) is 5.12. The van der Waals surface area contributed by atoms with E-state index >= 15 is 0 Å². The van der Waals surface area contributed by atoms with Gasteiger partial charge in [-0.1, -0.05) is 29.3 Å². The maximum Gasteiger partial charge on any atom is 0.328 e. The molecular formula is C18H17Cl2N5O4. The number of carbonyl (C=O) groups is 3. The van der Waals surface area contributed by atoms with Crippen LogP contribution in [0.5, 0.6) is 0 Å². The first-order chi connectivity index (χ1) is 13.7. The molecule has 1 aromatic rings. The Kier molecular flexibility index (Phi) is 4.66. The van der Waals surface area contributed by atoms with Crippen molar-refractivity contribution in [1.82, 2.24) is 19.6 Å². The fourth-order valence-electron chi connectivity index (χ4n) is 3.70. The third kappa shape index (κ3) is 3.10. The summed E-state index contributed by atoms with van der Waals surface area (Å²) in [6.07, 6.45) is 0.960. The number of fused-ring (bicyclic) bond motifs is 3. The molecule has 4 rings (SSSR count). The van der Waals surface area contributed by atoms with Gasteiger partial charge in [-0.05, 0) is 24.6 Å². The molecule has 9 nitrogen and oxygen atoms in total. The Morgan fingerprint density at radius 3 is 2.59 bits per heavy atom. The molecule has 1 fully saturated rings. The van der Waals surface area contributed by atoms with E-state index in [-0.39, 0.29) is 13.1 Å². The quantitative estimate of drug-likeness (QED) is 0.773. The van der Waals surface area contributed by atoms with Crippen LogP contribution in [0.2, 0.25) is 10.0 Å². The van der Waals surface area contributed by atoms with Gasteiger partial charge in [0.1, 0.15) is 6.54 Å². The molecule has 1 aromatic carbocycles. The normalized spacial score (nSPS) is 23.3. The van der Waals surface area contributed by atoms with Crippen molar-refractivity contribution < 1.29 is 19.5 Å². The van der Waals surface area contributed by atoms with Gasteiger partial charge in [-0.2, -0.15) is 0 Å². The summed E-state index contributed by atoms with van der Waals surface area (Å²) in [7, 11) is 1.57. The minimum Gasteiger partial charge on any atom is -0.480 e. The van der Waals surface area contributed by atoms with Gasteiger partial charge in [0.2, 0.25) is 5.96 Å². The molecule has 0 radical (unpaired) electrons. The summed E-state index contributed by atoms with van der Waals surface area (Å²) in [4.78, 5) is 47.4. The third-order valence-corrected chi connectivity index (χ3v) is 5.86. The minimum atomic E-state index is -1.02. The van der Waals surface area contributed by atoms with Crippen LogP contribution in [0, 0.1) is 0 Å². The minimum absolute atomic E-state index is 0.0345. The zero-order chi connectivity index (χ0) is 21.0. The maximum absolute atomic E-state index is 13.2. The standard InChI is InChI=1S/C18H17Cl2N5O4/c1-9-6-24-14-15(21-17(24)23(9)8-13(26)27)22(2)18(29)25(16(14)28)7-10-3-4-11(19)12(20)5-10/h3-6,14-15H,7-8H2,1-2H3,(H,26,27). The van der Waals surface area contributed by atoms with E-state index in [2.05, 4.69) is 4.99 Å². The van der Waals surface area contributed by atoms with Crippen LogP contribution in [0.25, 0.3) is 0 Å². The van der Waals surface area contributed by atoms with E-state index in [0.29, 0.717) is 27.3 Å². The average Bonchev–Trinajstić information content (AvgIpc) is 3.16. The Balaban J connectivity index is 1.63. The summed E-state index contributed by atoms with van der Waals surface area (Å²) < 4.78 is 0. The van der Waals surface area contributed by atoms with Crippen LogP contribution in [0.15, 0.2) is 35.1 Å². The summed E-state index contributed by atoms with van der Waals surface area (Å²) in [6.45, 7) is 1.50. The summed E-state index contributed by atoms with van der Waals surface area (Å²) >= 11 is 12.0. The van der Waals surface area contributed by atoms with E-state index < -0.39 is 30.1 Å². The van der Waals surface area contributed by atoms with Crippen molar-refractivity contribution in [1.29, 1.82) is 0 Å². The first kappa shape index (κ1) is 19.5. The van der Waals surface area contributed by atoms with Crippen LogP contribution in [0.1, 0.15) is 12.5 Å². The van der Waals surface area contributed by atoms with Gasteiger partial charge in [-0.3, -0.25) is 14.5 Å². The number of amides is 3. The van der Waals surface area contributed by atoms with Crippen molar-refractivity contribution in [3.63, 3.8) is 0 Å². The first-order valence-electron chi connectivity index (χ1n) is 8.75. The monoisotopic (exact) mass is 437 g/mol. The molecule has 29 heavy (non-hydrogen) atoms. The lowest BCUT2D eigenvalue weighted by atomic mass is 10.1. The topological polar surface area (TPSA) is 96.8 Å². The number of guanidine groups is 1. The van der Waals surface area contributed by atoms with Crippen LogP contribution in [-0.4, -0.2) is 74.4 Å². The van der Waals surface area contributed by atoms with Gasteiger partial charge in [-0.25, -0.2) is 9.79 Å². The van der Waals surface area contributed by atoms with Crippen LogP contribution in [0.4, 0.5) is 4.79 Å². The second-order valence-corrected chi connectivity index (χ2v) is 7.83. The van der Waals surface area contributed by atoms with Crippen molar-refractivity contribution >= 4 is 47.1 Å². The van der Waals surface area contributed by atoms with Gasteiger partial charge in [0.05, 0.1) is 16.6 Å². The van der Waals surface area contributed by atoms with Crippen LogP contribution in [-0.2, 0) is 16.1 Å². The zero-order valence-corrected chi connectivity index (χ0v) is 17.1. The number of nitrogens with zero attached hydrogens (tertiary/aromatic N) is 5. The SMILES string of the molecule is CC1=CN2C(=NC3C2C(=O)N(Cc2ccc(Cl)c(Cl)c2)C(=O)N3C)N1CC(=O)O. The number of carboxylic acids is 1. The van der Waals surface area contributed by atoms with Crippen molar-refractivity contribution in [2.75, 3.05) is 13.6 Å². The second kappa shape index (κ2) is 6.93. The van der Waals surface area contributed by atoms with E-state index in [4.69, 9.17) is 28.3 Å². The number of carboxylic acid groups (broad SMARTS) is 1. The van der Waals surface area contributed by atoms with Crippen LogP contribution < -0.4 is 0 Å². The molecule has 3 amide bonds. The molecule has 152 valence electrons. The van der Waals surface area contributed by atoms with E-state index in [1.807, 2.05) is 0 Å². The van der Waals surface area contributed by atoms with Crippen molar-refractivity contribution in [2.45, 2.75) is 25.7 Å². The number of allylic oxidation sites excluding steroid dienone is 1. The number of halogens is 2. The molecule has 0 aliphatic carbocycles. The molecule has 0 bridgehead atoms. The highest BCUT2D eigenvalue weighted by atomic mass is 35.5. The van der Waals surface area contributed by atoms with E-state index in [0.717, 1.165) is 4.90 Å². The second-order valence-electron chi connectivity index (χ2n) is 7.01. The van der Waals surface area contributed by atoms with Crippen molar-refractivity contribution in [2.24, 2.45) is 4.99 Å². The predicted octanol–water partition coefficient (Wildman–Crippen LogP) is 2.02. The van der Waals surface area contributed by atoms with Crippen LogP contribution in [0.3, 0.4) is 0 Å². The number of hydrogen-bond acceptors (Lipinski definition) is 6. The largest absolute Gasteiger partial charge is 0.480 e. The molecule has 3 aliphatic heterocycles. The smallest absolute Gasteiger partial charge is 0.328 e. The van der Waals surface area contributed by atoms with E-state index in [1.54, 1.807) is 43.3 Å². The molecule has 3 heterocycles. The van der Waals surface area contributed by atoms with E-state index in [1.165, 1.54) is 9.80 Å². The average molecular weight is 438 g/mol. The first-order valence-corrected chi connectivity index (χ1v) is 9.50. The lowest BCUT2D eigenvalue weighted by molar-refractivity contribution is -0.137. The molecule has 0 spiro atoms. The number of benzene rings is 1. The van der Waals surface area contributed by atoms with Crippen molar-refractivity contribution in [3.8, 4) is 0 Å². The van der Waals surface area contributed by atoms with Gasteiger partial charge >= 0.3 is 12.0 Å². The number of imide groups is 1. The zero-order valence-electron chi connectivity index (χ0n) is 15.5. The maximum atomic E-state index is 13.2. The Morgan fingerprint density at radius 1 is 1.21 bits per heavy atom. The van der Waals surface area contributed by atoms with Gasteiger partial charge in [0.15, 0.2) is 12.2 Å². The number of urea groups is 1.